The molecule has 1 N–H and O–H groups in total. The van der Waals surface area contributed by atoms with Crippen molar-refractivity contribution in [2.24, 2.45) is 5.92 Å². The van der Waals surface area contributed by atoms with Gasteiger partial charge in [-0.15, -0.1) is 0 Å². The minimum atomic E-state index is -0.967. The van der Waals surface area contributed by atoms with Crippen molar-refractivity contribution in [2.75, 3.05) is 27.2 Å². The molecule has 0 spiro atoms. The van der Waals surface area contributed by atoms with Gasteiger partial charge in [0, 0.05) is 29.5 Å². The number of hydrogen-bond donors (Lipinski definition) is 1. The SMILES string of the molecule is CN(C)CC1CCOc2ccccc2C1(O)Cc1ccc(Cl)cc1. The van der Waals surface area contributed by atoms with Gasteiger partial charge >= 0.3 is 0 Å². The van der Waals surface area contributed by atoms with Gasteiger partial charge in [0.15, 0.2) is 0 Å². The number of ether oxygens (including phenoxy) is 1. The van der Waals surface area contributed by atoms with Crippen LogP contribution in [0.4, 0.5) is 0 Å². The third kappa shape index (κ3) is 3.59. The first kappa shape index (κ1) is 17.3. The predicted octanol–water partition coefficient (Wildman–Crippen LogP) is 3.73. The predicted molar refractivity (Wildman–Crippen MR) is 97.7 cm³/mol. The fourth-order valence-electron chi connectivity index (χ4n) is 3.56. The monoisotopic (exact) mass is 345 g/mol. The Kier molecular flexibility index (Phi) is 5.14. The summed E-state index contributed by atoms with van der Waals surface area (Å²) < 4.78 is 5.91. The van der Waals surface area contributed by atoms with Gasteiger partial charge in [0.25, 0.3) is 0 Å². The Morgan fingerprint density at radius 1 is 1.17 bits per heavy atom. The highest BCUT2D eigenvalue weighted by Gasteiger charge is 2.42. The minimum absolute atomic E-state index is 0.0897. The molecule has 2 unspecified atom stereocenters. The lowest BCUT2D eigenvalue weighted by atomic mass is 9.75. The summed E-state index contributed by atoms with van der Waals surface area (Å²) >= 11 is 6.00. The van der Waals surface area contributed by atoms with Crippen molar-refractivity contribution in [3.8, 4) is 5.75 Å². The second-order valence-electron chi connectivity index (χ2n) is 6.82. The van der Waals surface area contributed by atoms with E-state index in [9.17, 15) is 5.11 Å². The maximum Gasteiger partial charge on any atom is 0.125 e. The molecule has 128 valence electrons. The van der Waals surface area contributed by atoms with Gasteiger partial charge in [-0.2, -0.15) is 0 Å². The van der Waals surface area contributed by atoms with Crippen molar-refractivity contribution in [3.05, 3.63) is 64.7 Å². The van der Waals surface area contributed by atoms with Crippen LogP contribution in [0.3, 0.4) is 0 Å². The van der Waals surface area contributed by atoms with Crippen molar-refractivity contribution in [2.45, 2.75) is 18.4 Å². The molecule has 0 amide bonds. The molecule has 0 saturated carbocycles. The van der Waals surface area contributed by atoms with Crippen molar-refractivity contribution in [1.82, 2.24) is 4.90 Å². The van der Waals surface area contributed by atoms with Gasteiger partial charge < -0.3 is 14.7 Å². The number of nitrogens with zero attached hydrogens (tertiary/aromatic N) is 1. The van der Waals surface area contributed by atoms with Crippen LogP contribution in [-0.2, 0) is 12.0 Å². The van der Waals surface area contributed by atoms with Gasteiger partial charge in [0.2, 0.25) is 0 Å². The largest absolute Gasteiger partial charge is 0.493 e. The first-order valence-corrected chi connectivity index (χ1v) is 8.71. The van der Waals surface area contributed by atoms with Crippen LogP contribution in [0.2, 0.25) is 5.02 Å². The summed E-state index contributed by atoms with van der Waals surface area (Å²) in [7, 11) is 4.08. The number of hydrogen-bond acceptors (Lipinski definition) is 3. The van der Waals surface area contributed by atoms with Crippen LogP contribution in [0.1, 0.15) is 17.5 Å². The highest BCUT2D eigenvalue weighted by atomic mass is 35.5. The molecule has 1 heterocycles. The standard InChI is InChI=1S/C20H24ClNO2/c1-22(2)14-16-11-12-24-19-6-4-3-5-18(19)20(16,23)13-15-7-9-17(21)10-8-15/h3-10,16,23H,11-14H2,1-2H3. The normalized spacial score (nSPS) is 23.5. The summed E-state index contributed by atoms with van der Waals surface area (Å²) in [4.78, 5) is 2.13. The van der Waals surface area contributed by atoms with Crippen molar-refractivity contribution < 1.29 is 9.84 Å². The van der Waals surface area contributed by atoms with E-state index in [0.717, 1.165) is 29.8 Å². The van der Waals surface area contributed by atoms with E-state index in [4.69, 9.17) is 16.3 Å². The highest BCUT2D eigenvalue weighted by molar-refractivity contribution is 6.30. The smallest absolute Gasteiger partial charge is 0.125 e. The zero-order valence-corrected chi connectivity index (χ0v) is 15.0. The molecule has 0 aliphatic carbocycles. The van der Waals surface area contributed by atoms with Crippen molar-refractivity contribution >= 4 is 11.6 Å². The molecule has 24 heavy (non-hydrogen) atoms. The van der Waals surface area contributed by atoms with Crippen LogP contribution < -0.4 is 4.74 Å². The summed E-state index contributed by atoms with van der Waals surface area (Å²) in [6.45, 7) is 1.43. The first-order chi connectivity index (χ1) is 11.5. The maximum atomic E-state index is 11.8. The Bertz CT molecular complexity index is 686. The van der Waals surface area contributed by atoms with Crippen LogP contribution >= 0.6 is 11.6 Å². The lowest BCUT2D eigenvalue weighted by molar-refractivity contribution is -0.0337. The van der Waals surface area contributed by atoms with Crippen LogP contribution in [0.15, 0.2) is 48.5 Å². The van der Waals surface area contributed by atoms with E-state index >= 15 is 0 Å². The van der Waals surface area contributed by atoms with E-state index in [1.807, 2.05) is 62.6 Å². The van der Waals surface area contributed by atoms with Gasteiger partial charge in [-0.1, -0.05) is 41.9 Å². The summed E-state index contributed by atoms with van der Waals surface area (Å²) in [5.74, 6) is 0.877. The average molecular weight is 346 g/mol. The van der Waals surface area contributed by atoms with E-state index in [-0.39, 0.29) is 5.92 Å². The molecule has 1 aliphatic rings. The molecule has 2 aromatic rings. The van der Waals surface area contributed by atoms with Gasteiger partial charge in [-0.3, -0.25) is 0 Å². The fourth-order valence-corrected chi connectivity index (χ4v) is 3.68. The molecule has 0 radical (unpaired) electrons. The molecule has 4 heteroatoms. The van der Waals surface area contributed by atoms with Crippen LogP contribution in [0, 0.1) is 5.92 Å². The van der Waals surface area contributed by atoms with Gasteiger partial charge in [-0.25, -0.2) is 0 Å². The van der Waals surface area contributed by atoms with Crippen LogP contribution in [0.5, 0.6) is 5.75 Å². The molecule has 3 rings (SSSR count). The molecule has 2 aromatic carbocycles. The molecule has 2 atom stereocenters. The quantitative estimate of drug-likeness (QED) is 0.916. The number of fused-ring (bicyclic) bond motifs is 1. The van der Waals surface area contributed by atoms with E-state index in [2.05, 4.69) is 4.90 Å². The van der Waals surface area contributed by atoms with Crippen LogP contribution in [-0.4, -0.2) is 37.3 Å². The third-order valence-electron chi connectivity index (χ3n) is 4.73. The lowest BCUT2D eigenvalue weighted by Crippen LogP contribution is -2.42. The maximum absolute atomic E-state index is 11.8. The van der Waals surface area contributed by atoms with Gasteiger partial charge in [0.1, 0.15) is 11.4 Å². The number of para-hydroxylation sites is 1. The first-order valence-electron chi connectivity index (χ1n) is 8.33. The van der Waals surface area contributed by atoms with Crippen molar-refractivity contribution in [1.29, 1.82) is 0 Å². The molecule has 0 aromatic heterocycles. The summed E-state index contributed by atoms with van der Waals surface area (Å²) in [6.07, 6.45) is 1.36. The number of aliphatic hydroxyl groups is 1. The lowest BCUT2D eigenvalue weighted by Gasteiger charge is -2.37. The zero-order chi connectivity index (χ0) is 17.2. The summed E-state index contributed by atoms with van der Waals surface area (Å²) in [5.41, 5.74) is 0.984. The van der Waals surface area contributed by atoms with Crippen LogP contribution in [0.25, 0.3) is 0 Å². The minimum Gasteiger partial charge on any atom is -0.493 e. The topological polar surface area (TPSA) is 32.7 Å². The van der Waals surface area contributed by atoms with E-state index < -0.39 is 5.60 Å². The molecule has 3 nitrogen and oxygen atoms in total. The van der Waals surface area contributed by atoms with E-state index in [0.29, 0.717) is 18.1 Å². The highest BCUT2D eigenvalue weighted by Crippen LogP contribution is 2.42. The molecule has 1 aliphatic heterocycles. The second-order valence-corrected chi connectivity index (χ2v) is 7.26. The molecular formula is C20H24ClNO2. The summed E-state index contributed by atoms with van der Waals surface area (Å²) in [5, 5.41) is 12.5. The zero-order valence-electron chi connectivity index (χ0n) is 14.2. The Balaban J connectivity index is 2.03. The molecule has 0 bridgehead atoms. The number of benzene rings is 2. The Labute approximate surface area is 148 Å². The van der Waals surface area contributed by atoms with E-state index in [1.165, 1.54) is 0 Å². The Morgan fingerprint density at radius 2 is 1.88 bits per heavy atom. The number of halogens is 1. The Hall–Kier alpha value is -1.55. The van der Waals surface area contributed by atoms with E-state index in [1.54, 1.807) is 0 Å². The average Bonchev–Trinajstić information content (AvgIpc) is 2.68. The molecule has 0 fully saturated rings. The molecule has 0 saturated heterocycles. The number of rotatable bonds is 4. The van der Waals surface area contributed by atoms with Crippen molar-refractivity contribution in [3.63, 3.8) is 0 Å². The van der Waals surface area contributed by atoms with Gasteiger partial charge in [0.05, 0.1) is 6.61 Å². The fraction of sp³-hybridized carbons (Fsp3) is 0.400. The Morgan fingerprint density at radius 3 is 2.58 bits per heavy atom. The summed E-state index contributed by atoms with van der Waals surface area (Å²) in [6, 6.07) is 15.6. The third-order valence-corrected chi connectivity index (χ3v) is 4.98. The van der Waals surface area contributed by atoms with Gasteiger partial charge in [-0.05, 0) is 44.3 Å². The molecular weight excluding hydrogens is 322 g/mol. The second kappa shape index (κ2) is 7.14.